The minimum atomic E-state index is -0.0711. The van der Waals surface area contributed by atoms with Gasteiger partial charge in [-0.25, -0.2) is 0 Å². The number of allylic oxidation sites excluding steroid dienone is 1. The number of hydrogen-bond donors (Lipinski definition) is 0. The maximum absolute atomic E-state index is 11.9. The van der Waals surface area contributed by atoms with Crippen molar-refractivity contribution in [1.29, 1.82) is 0 Å². The van der Waals surface area contributed by atoms with E-state index in [2.05, 4.69) is 0 Å². The van der Waals surface area contributed by atoms with Crippen LogP contribution in [0.5, 0.6) is 0 Å². The van der Waals surface area contributed by atoms with E-state index in [0.717, 1.165) is 5.69 Å². The zero-order valence-electron chi connectivity index (χ0n) is 9.14. The van der Waals surface area contributed by atoms with Crippen LogP contribution in [0.4, 0.5) is 5.69 Å². The number of amides is 1. The highest BCUT2D eigenvalue weighted by molar-refractivity contribution is 6.11. The maximum Gasteiger partial charge on any atom is 0.254 e. The average molecular weight is 215 g/mol. The van der Waals surface area contributed by atoms with Crippen LogP contribution >= 0.6 is 0 Å². The van der Waals surface area contributed by atoms with Gasteiger partial charge in [-0.2, -0.15) is 0 Å². The molecule has 3 nitrogen and oxygen atoms in total. The van der Waals surface area contributed by atoms with Crippen LogP contribution in [0.2, 0.25) is 0 Å². The van der Waals surface area contributed by atoms with E-state index < -0.39 is 0 Å². The Bertz CT molecular complexity index is 448. The fourth-order valence-corrected chi connectivity index (χ4v) is 1.85. The smallest absolute Gasteiger partial charge is 0.254 e. The third-order valence-electron chi connectivity index (χ3n) is 2.57. The van der Waals surface area contributed by atoms with E-state index in [1.165, 1.54) is 13.0 Å². The van der Waals surface area contributed by atoms with Gasteiger partial charge in [0, 0.05) is 17.8 Å². The molecule has 1 aliphatic heterocycles. The molecule has 0 atom stereocenters. The molecular weight excluding hydrogens is 202 g/mol. The van der Waals surface area contributed by atoms with Crippen LogP contribution in [0.15, 0.2) is 42.0 Å². The lowest BCUT2D eigenvalue weighted by Crippen LogP contribution is -2.24. The Morgan fingerprint density at radius 1 is 1.31 bits per heavy atom. The molecule has 1 amide bonds. The molecule has 0 saturated carbocycles. The van der Waals surface area contributed by atoms with Crippen LogP contribution in [0.25, 0.3) is 0 Å². The van der Waals surface area contributed by atoms with Gasteiger partial charge >= 0.3 is 0 Å². The molecule has 1 aromatic rings. The van der Waals surface area contributed by atoms with Crippen molar-refractivity contribution >= 4 is 17.4 Å². The molecule has 1 fully saturated rings. The Morgan fingerprint density at radius 2 is 2.00 bits per heavy atom. The van der Waals surface area contributed by atoms with Gasteiger partial charge in [-0.15, -0.1) is 0 Å². The fraction of sp³-hybridized carbons (Fsp3) is 0.231. The highest BCUT2D eigenvalue weighted by Crippen LogP contribution is 2.24. The largest absolute Gasteiger partial charge is 0.308 e. The molecular formula is C13H13NO2. The summed E-state index contributed by atoms with van der Waals surface area (Å²) in [5.41, 5.74) is 1.50. The van der Waals surface area contributed by atoms with Crippen LogP contribution in [0.1, 0.15) is 13.3 Å². The quantitative estimate of drug-likeness (QED) is 0.707. The second kappa shape index (κ2) is 4.31. The molecule has 1 saturated heterocycles. The predicted molar refractivity (Wildman–Crippen MR) is 62.2 cm³/mol. The van der Waals surface area contributed by atoms with Crippen LogP contribution in [0.3, 0.4) is 0 Å². The normalized spacial score (nSPS) is 18.2. The standard InChI is InChI=1S/C13H13NO2/c1-10(15)9-11-7-8-14(13(11)16)12-5-3-2-4-6-12/h2-6,9H,7-8H2,1H3/b11-9+. The van der Waals surface area contributed by atoms with Crippen LogP contribution in [-0.4, -0.2) is 18.2 Å². The summed E-state index contributed by atoms with van der Waals surface area (Å²) in [6.07, 6.45) is 2.08. The minimum absolute atomic E-state index is 0.0543. The second-order valence-electron chi connectivity index (χ2n) is 3.82. The molecule has 3 heteroatoms. The summed E-state index contributed by atoms with van der Waals surface area (Å²) in [6, 6.07) is 9.50. The molecule has 0 unspecified atom stereocenters. The Kier molecular flexibility index (Phi) is 2.86. The van der Waals surface area contributed by atoms with Crippen molar-refractivity contribution in [3.8, 4) is 0 Å². The van der Waals surface area contributed by atoms with E-state index >= 15 is 0 Å². The molecule has 0 N–H and O–H groups in total. The van der Waals surface area contributed by atoms with Gasteiger partial charge in [0.25, 0.3) is 5.91 Å². The monoisotopic (exact) mass is 215 g/mol. The van der Waals surface area contributed by atoms with Gasteiger partial charge in [0.2, 0.25) is 0 Å². The molecule has 1 aliphatic rings. The fourth-order valence-electron chi connectivity index (χ4n) is 1.85. The van der Waals surface area contributed by atoms with Crippen molar-refractivity contribution in [2.45, 2.75) is 13.3 Å². The number of para-hydroxylation sites is 1. The zero-order chi connectivity index (χ0) is 11.5. The number of anilines is 1. The van der Waals surface area contributed by atoms with Gasteiger partial charge in [-0.1, -0.05) is 18.2 Å². The number of carbonyl (C=O) groups is 2. The van der Waals surface area contributed by atoms with Gasteiger partial charge in [-0.05, 0) is 31.6 Å². The van der Waals surface area contributed by atoms with Crippen molar-refractivity contribution in [3.63, 3.8) is 0 Å². The van der Waals surface area contributed by atoms with Crippen LogP contribution < -0.4 is 4.90 Å². The second-order valence-corrected chi connectivity index (χ2v) is 3.82. The number of nitrogens with zero attached hydrogens (tertiary/aromatic N) is 1. The first-order chi connectivity index (χ1) is 7.68. The van der Waals surface area contributed by atoms with Crippen molar-refractivity contribution < 1.29 is 9.59 Å². The van der Waals surface area contributed by atoms with Gasteiger partial charge in [0.15, 0.2) is 5.78 Å². The lowest BCUT2D eigenvalue weighted by molar-refractivity contribution is -0.115. The predicted octanol–water partition coefficient (Wildman–Crippen LogP) is 1.94. The van der Waals surface area contributed by atoms with E-state index in [1.807, 2.05) is 30.3 Å². The molecule has 1 aromatic carbocycles. The minimum Gasteiger partial charge on any atom is -0.308 e. The molecule has 0 aromatic heterocycles. The molecule has 1 heterocycles. The summed E-state index contributed by atoms with van der Waals surface area (Å²) in [5.74, 6) is -0.125. The Labute approximate surface area is 94.4 Å². The first-order valence-corrected chi connectivity index (χ1v) is 5.26. The number of rotatable bonds is 2. The Balaban J connectivity index is 2.23. The first kappa shape index (κ1) is 10.6. The lowest BCUT2D eigenvalue weighted by Gasteiger charge is -2.14. The summed E-state index contributed by atoms with van der Waals surface area (Å²) >= 11 is 0. The maximum atomic E-state index is 11.9. The highest BCUT2D eigenvalue weighted by atomic mass is 16.2. The van der Waals surface area contributed by atoms with Crippen LogP contribution in [-0.2, 0) is 9.59 Å². The number of carbonyl (C=O) groups excluding carboxylic acids is 2. The van der Waals surface area contributed by atoms with E-state index in [-0.39, 0.29) is 11.7 Å². The summed E-state index contributed by atoms with van der Waals surface area (Å²) < 4.78 is 0. The van der Waals surface area contributed by atoms with Gasteiger partial charge in [-0.3, -0.25) is 9.59 Å². The number of benzene rings is 1. The highest BCUT2D eigenvalue weighted by Gasteiger charge is 2.26. The van der Waals surface area contributed by atoms with Crippen molar-refractivity contribution in [2.24, 2.45) is 0 Å². The van der Waals surface area contributed by atoms with Gasteiger partial charge in [0.05, 0.1) is 0 Å². The van der Waals surface area contributed by atoms with Crippen molar-refractivity contribution in [2.75, 3.05) is 11.4 Å². The van der Waals surface area contributed by atoms with E-state index in [1.54, 1.807) is 4.90 Å². The SMILES string of the molecule is CC(=O)/C=C1\CCN(c2ccccc2)C1=O. The summed E-state index contributed by atoms with van der Waals surface area (Å²) in [5, 5.41) is 0. The third kappa shape index (κ3) is 2.03. The average Bonchev–Trinajstić information content (AvgIpc) is 2.61. The van der Waals surface area contributed by atoms with Crippen molar-refractivity contribution in [3.05, 3.63) is 42.0 Å². The Hall–Kier alpha value is -1.90. The first-order valence-electron chi connectivity index (χ1n) is 5.26. The number of ketones is 1. The zero-order valence-corrected chi connectivity index (χ0v) is 9.14. The molecule has 82 valence electrons. The molecule has 0 spiro atoms. The molecule has 0 radical (unpaired) electrons. The number of hydrogen-bond acceptors (Lipinski definition) is 2. The summed E-state index contributed by atoms with van der Waals surface area (Å²) in [6.45, 7) is 2.12. The van der Waals surface area contributed by atoms with Crippen LogP contribution in [0, 0.1) is 0 Å². The van der Waals surface area contributed by atoms with E-state index in [0.29, 0.717) is 18.5 Å². The Morgan fingerprint density at radius 3 is 2.62 bits per heavy atom. The molecule has 0 bridgehead atoms. The topological polar surface area (TPSA) is 37.4 Å². The van der Waals surface area contributed by atoms with Gasteiger partial charge in [0.1, 0.15) is 0 Å². The van der Waals surface area contributed by atoms with E-state index in [4.69, 9.17) is 0 Å². The third-order valence-corrected chi connectivity index (χ3v) is 2.57. The van der Waals surface area contributed by atoms with E-state index in [9.17, 15) is 9.59 Å². The molecule has 0 aliphatic carbocycles. The summed E-state index contributed by atoms with van der Waals surface area (Å²) in [7, 11) is 0. The van der Waals surface area contributed by atoms with Gasteiger partial charge < -0.3 is 4.90 Å². The molecule has 16 heavy (non-hydrogen) atoms. The molecule has 2 rings (SSSR count). The van der Waals surface area contributed by atoms with Crippen molar-refractivity contribution in [1.82, 2.24) is 0 Å². The lowest BCUT2D eigenvalue weighted by atomic mass is 10.2. The summed E-state index contributed by atoms with van der Waals surface area (Å²) in [4.78, 5) is 24.6.